The Bertz CT molecular complexity index is 298. The fourth-order valence-corrected chi connectivity index (χ4v) is 1.56. The normalized spacial score (nSPS) is 11.5. The third-order valence-corrected chi connectivity index (χ3v) is 2.15. The molecule has 0 saturated carbocycles. The van der Waals surface area contributed by atoms with Crippen LogP contribution in [0.4, 0.5) is 5.82 Å². The Labute approximate surface area is 92.3 Å². The van der Waals surface area contributed by atoms with Crippen LogP contribution in [0.25, 0.3) is 0 Å². The quantitative estimate of drug-likeness (QED) is 0.824. The minimum absolute atomic E-state index is 0.281. The lowest BCUT2D eigenvalue weighted by molar-refractivity contribution is 0.418. The number of pyridine rings is 1. The summed E-state index contributed by atoms with van der Waals surface area (Å²) in [5.74, 6) is 1.00. The summed E-state index contributed by atoms with van der Waals surface area (Å²) in [5.41, 5.74) is 6.88. The molecule has 1 heterocycles. The molecule has 3 heteroatoms. The molecule has 3 nitrogen and oxygen atoms in total. The topological polar surface area (TPSA) is 42.1 Å². The maximum absolute atomic E-state index is 5.52. The number of hydrogen-bond donors (Lipinski definition) is 1. The maximum Gasteiger partial charge on any atom is 0.128 e. The predicted octanol–water partition coefficient (Wildman–Crippen LogP) is 2.02. The van der Waals surface area contributed by atoms with Gasteiger partial charge in [0, 0.05) is 26.3 Å². The minimum Gasteiger partial charge on any atom is -0.359 e. The van der Waals surface area contributed by atoms with Gasteiger partial charge in [0.2, 0.25) is 0 Å². The van der Waals surface area contributed by atoms with Crippen molar-refractivity contribution >= 4 is 5.82 Å². The lowest BCUT2D eigenvalue weighted by atomic mass is 9.96. The smallest absolute Gasteiger partial charge is 0.128 e. The molecule has 1 rings (SSSR count). The number of nitrogens with zero attached hydrogens (tertiary/aromatic N) is 2. The van der Waals surface area contributed by atoms with Crippen molar-refractivity contribution in [2.75, 3.05) is 18.5 Å². The lowest BCUT2D eigenvalue weighted by Crippen LogP contribution is -2.29. The van der Waals surface area contributed by atoms with E-state index in [-0.39, 0.29) is 5.41 Å². The van der Waals surface area contributed by atoms with Crippen LogP contribution in [-0.4, -0.2) is 18.6 Å². The molecular formula is C12H21N3. The SMILES string of the molecule is CN(CC(C)(C)C)c1ccc(CN)cn1. The molecule has 0 radical (unpaired) electrons. The monoisotopic (exact) mass is 207 g/mol. The standard InChI is InChI=1S/C12H21N3/c1-12(2,3)9-15(4)11-6-5-10(7-13)8-14-11/h5-6,8H,7,9,13H2,1-4H3. The fourth-order valence-electron chi connectivity index (χ4n) is 1.56. The predicted molar refractivity (Wildman–Crippen MR) is 64.9 cm³/mol. The van der Waals surface area contributed by atoms with Gasteiger partial charge < -0.3 is 10.6 Å². The maximum atomic E-state index is 5.52. The van der Waals surface area contributed by atoms with E-state index in [0.29, 0.717) is 6.54 Å². The summed E-state index contributed by atoms with van der Waals surface area (Å²) in [7, 11) is 2.07. The summed E-state index contributed by atoms with van der Waals surface area (Å²) in [5, 5.41) is 0. The Morgan fingerprint density at radius 3 is 2.40 bits per heavy atom. The first kappa shape index (κ1) is 12.0. The Balaban J connectivity index is 2.70. The van der Waals surface area contributed by atoms with Crippen molar-refractivity contribution in [3.05, 3.63) is 23.9 Å². The van der Waals surface area contributed by atoms with E-state index >= 15 is 0 Å². The van der Waals surface area contributed by atoms with Crippen molar-refractivity contribution in [3.63, 3.8) is 0 Å². The van der Waals surface area contributed by atoms with Gasteiger partial charge in [-0.2, -0.15) is 0 Å². The van der Waals surface area contributed by atoms with Gasteiger partial charge in [0.25, 0.3) is 0 Å². The summed E-state index contributed by atoms with van der Waals surface area (Å²) >= 11 is 0. The lowest BCUT2D eigenvalue weighted by Gasteiger charge is -2.27. The molecule has 2 N–H and O–H groups in total. The zero-order chi connectivity index (χ0) is 11.5. The number of rotatable bonds is 3. The van der Waals surface area contributed by atoms with Crippen LogP contribution in [0, 0.1) is 5.41 Å². The molecule has 0 aromatic carbocycles. The second-order valence-corrected chi connectivity index (χ2v) is 5.15. The third kappa shape index (κ3) is 3.88. The van der Waals surface area contributed by atoms with Gasteiger partial charge in [-0.25, -0.2) is 4.98 Å². The van der Waals surface area contributed by atoms with Crippen LogP contribution >= 0.6 is 0 Å². The van der Waals surface area contributed by atoms with Gasteiger partial charge in [0.15, 0.2) is 0 Å². The summed E-state index contributed by atoms with van der Waals surface area (Å²) in [6, 6.07) is 4.05. The van der Waals surface area contributed by atoms with E-state index in [2.05, 4.69) is 37.7 Å². The van der Waals surface area contributed by atoms with Gasteiger partial charge in [-0.05, 0) is 17.0 Å². The number of nitrogens with two attached hydrogens (primary N) is 1. The molecule has 0 aliphatic heterocycles. The summed E-state index contributed by atoms with van der Waals surface area (Å²) in [4.78, 5) is 6.55. The highest BCUT2D eigenvalue weighted by molar-refractivity contribution is 5.38. The van der Waals surface area contributed by atoms with Gasteiger partial charge in [-0.3, -0.25) is 0 Å². The highest BCUT2D eigenvalue weighted by atomic mass is 15.2. The average Bonchev–Trinajstić information content (AvgIpc) is 2.15. The van der Waals surface area contributed by atoms with E-state index in [4.69, 9.17) is 5.73 Å². The molecule has 84 valence electrons. The van der Waals surface area contributed by atoms with Gasteiger partial charge in [0.05, 0.1) is 0 Å². The van der Waals surface area contributed by atoms with Gasteiger partial charge >= 0.3 is 0 Å². The Morgan fingerprint density at radius 1 is 1.33 bits per heavy atom. The molecule has 0 amide bonds. The Morgan fingerprint density at radius 2 is 2.00 bits per heavy atom. The van der Waals surface area contributed by atoms with Crippen LogP contribution in [0.1, 0.15) is 26.3 Å². The van der Waals surface area contributed by atoms with E-state index in [0.717, 1.165) is 17.9 Å². The highest BCUT2D eigenvalue weighted by Gasteiger charge is 2.14. The minimum atomic E-state index is 0.281. The van der Waals surface area contributed by atoms with Crippen molar-refractivity contribution in [1.29, 1.82) is 0 Å². The van der Waals surface area contributed by atoms with Crippen LogP contribution in [0.5, 0.6) is 0 Å². The third-order valence-electron chi connectivity index (χ3n) is 2.15. The molecule has 0 fully saturated rings. The molecule has 0 atom stereocenters. The zero-order valence-electron chi connectivity index (χ0n) is 10.1. The molecule has 0 saturated heterocycles. The first-order valence-electron chi connectivity index (χ1n) is 5.28. The fraction of sp³-hybridized carbons (Fsp3) is 0.583. The molecule has 0 unspecified atom stereocenters. The first-order valence-corrected chi connectivity index (χ1v) is 5.28. The molecule has 1 aromatic heterocycles. The summed E-state index contributed by atoms with van der Waals surface area (Å²) in [6.07, 6.45) is 1.84. The van der Waals surface area contributed by atoms with Crippen LogP contribution in [0.2, 0.25) is 0 Å². The van der Waals surface area contributed by atoms with E-state index in [1.807, 2.05) is 18.3 Å². The van der Waals surface area contributed by atoms with E-state index in [1.54, 1.807) is 0 Å². The Kier molecular flexibility index (Phi) is 3.69. The Hall–Kier alpha value is -1.09. The molecule has 0 aliphatic rings. The summed E-state index contributed by atoms with van der Waals surface area (Å²) < 4.78 is 0. The first-order chi connectivity index (χ1) is 6.92. The molecule has 0 bridgehead atoms. The second-order valence-electron chi connectivity index (χ2n) is 5.15. The molecular weight excluding hydrogens is 186 g/mol. The summed E-state index contributed by atoms with van der Waals surface area (Å²) in [6.45, 7) is 8.20. The van der Waals surface area contributed by atoms with Gasteiger partial charge in [-0.1, -0.05) is 26.8 Å². The highest BCUT2D eigenvalue weighted by Crippen LogP contribution is 2.18. The second kappa shape index (κ2) is 4.62. The van der Waals surface area contributed by atoms with Gasteiger partial charge in [0.1, 0.15) is 5.82 Å². The van der Waals surface area contributed by atoms with Crippen LogP contribution in [-0.2, 0) is 6.54 Å². The van der Waals surface area contributed by atoms with E-state index < -0.39 is 0 Å². The zero-order valence-corrected chi connectivity index (χ0v) is 10.1. The number of anilines is 1. The van der Waals surface area contributed by atoms with Crippen molar-refractivity contribution in [1.82, 2.24) is 4.98 Å². The van der Waals surface area contributed by atoms with E-state index in [9.17, 15) is 0 Å². The average molecular weight is 207 g/mol. The van der Waals surface area contributed by atoms with Crippen molar-refractivity contribution in [3.8, 4) is 0 Å². The molecule has 0 spiro atoms. The van der Waals surface area contributed by atoms with E-state index in [1.165, 1.54) is 0 Å². The van der Waals surface area contributed by atoms with Crippen molar-refractivity contribution < 1.29 is 0 Å². The number of aromatic nitrogens is 1. The van der Waals surface area contributed by atoms with Crippen LogP contribution in [0.15, 0.2) is 18.3 Å². The van der Waals surface area contributed by atoms with Crippen LogP contribution < -0.4 is 10.6 Å². The van der Waals surface area contributed by atoms with Crippen molar-refractivity contribution in [2.45, 2.75) is 27.3 Å². The van der Waals surface area contributed by atoms with Crippen LogP contribution in [0.3, 0.4) is 0 Å². The molecule has 1 aromatic rings. The van der Waals surface area contributed by atoms with Gasteiger partial charge in [-0.15, -0.1) is 0 Å². The largest absolute Gasteiger partial charge is 0.359 e. The van der Waals surface area contributed by atoms with Crippen molar-refractivity contribution in [2.24, 2.45) is 11.1 Å². The molecule has 15 heavy (non-hydrogen) atoms. The number of hydrogen-bond acceptors (Lipinski definition) is 3. The molecule has 0 aliphatic carbocycles.